The third kappa shape index (κ3) is 4.98. The lowest BCUT2D eigenvalue weighted by Gasteiger charge is -2.33. The second kappa shape index (κ2) is 10.0. The summed E-state index contributed by atoms with van der Waals surface area (Å²) in [6.07, 6.45) is 6.50. The molecule has 5 heteroatoms. The molecule has 0 unspecified atom stereocenters. The van der Waals surface area contributed by atoms with Crippen LogP contribution in [0.5, 0.6) is 0 Å². The van der Waals surface area contributed by atoms with Crippen molar-refractivity contribution < 1.29 is 9.59 Å². The number of Topliss-reactive ketones (excluding diaryl/α,β-unsaturated/α-hetero) is 1. The summed E-state index contributed by atoms with van der Waals surface area (Å²) in [5.41, 5.74) is 5.22. The van der Waals surface area contributed by atoms with Gasteiger partial charge in [-0.25, -0.2) is 0 Å². The van der Waals surface area contributed by atoms with E-state index in [0.717, 1.165) is 74.5 Å². The van der Waals surface area contributed by atoms with Crippen molar-refractivity contribution in [1.29, 1.82) is 0 Å². The van der Waals surface area contributed by atoms with Gasteiger partial charge in [0.1, 0.15) is 0 Å². The van der Waals surface area contributed by atoms with Crippen molar-refractivity contribution in [1.82, 2.24) is 14.4 Å². The van der Waals surface area contributed by atoms with Crippen molar-refractivity contribution >= 4 is 11.7 Å². The Balaban J connectivity index is 1.36. The molecule has 0 aliphatic carbocycles. The lowest BCUT2D eigenvalue weighted by molar-refractivity contribution is -0.137. The summed E-state index contributed by atoms with van der Waals surface area (Å²) in [4.78, 5) is 30.4. The zero-order chi connectivity index (χ0) is 22.7. The molecule has 0 saturated carbocycles. The van der Waals surface area contributed by atoms with E-state index in [0.29, 0.717) is 12.5 Å². The first kappa shape index (κ1) is 22.8. The number of carbonyl (C=O) groups is 2. The Bertz CT molecular complexity index is 944. The van der Waals surface area contributed by atoms with Crippen LogP contribution in [0.2, 0.25) is 0 Å². The summed E-state index contributed by atoms with van der Waals surface area (Å²) in [7, 11) is 0. The second-order valence-electron chi connectivity index (χ2n) is 9.67. The highest BCUT2D eigenvalue weighted by Gasteiger charge is 2.30. The third-order valence-corrected chi connectivity index (χ3v) is 7.25. The number of amides is 1. The molecule has 5 nitrogen and oxygen atoms in total. The lowest BCUT2D eigenvalue weighted by atomic mass is 9.94. The largest absolute Gasteiger partial charge is 0.342 e. The first-order valence-corrected chi connectivity index (χ1v) is 12.2. The zero-order valence-electron chi connectivity index (χ0n) is 19.9. The maximum absolute atomic E-state index is 13.2. The summed E-state index contributed by atoms with van der Waals surface area (Å²) in [5, 5.41) is 0. The number of nitrogens with zero attached hydrogens (tertiary/aromatic N) is 3. The van der Waals surface area contributed by atoms with Gasteiger partial charge in [0.15, 0.2) is 5.78 Å². The molecule has 1 amide bonds. The topological polar surface area (TPSA) is 45.6 Å². The standard InChI is InChI=1S/C27H37N3O2/c1-20-8-10-24(11-9-20)30-21(2)18-25(22(30)3)26(31)19-28-16-12-23(13-17-28)27(32)29-14-6-4-5-7-15-29/h8-11,18,23H,4-7,12-17,19H2,1-3H3. The highest BCUT2D eigenvalue weighted by molar-refractivity contribution is 5.99. The SMILES string of the molecule is Cc1ccc(-n2c(C)cc(C(=O)CN3CCC(C(=O)N4CCCCCC4)CC3)c2C)cc1. The first-order valence-electron chi connectivity index (χ1n) is 12.2. The third-order valence-electron chi connectivity index (χ3n) is 7.25. The van der Waals surface area contributed by atoms with Gasteiger partial charge in [0.2, 0.25) is 5.91 Å². The van der Waals surface area contributed by atoms with Crippen molar-refractivity contribution in [2.75, 3.05) is 32.7 Å². The van der Waals surface area contributed by atoms with Crippen LogP contribution in [0, 0.1) is 26.7 Å². The van der Waals surface area contributed by atoms with Gasteiger partial charge in [-0.15, -0.1) is 0 Å². The van der Waals surface area contributed by atoms with Gasteiger partial charge in [0, 0.05) is 41.6 Å². The maximum atomic E-state index is 13.2. The van der Waals surface area contributed by atoms with E-state index < -0.39 is 0 Å². The molecule has 0 bridgehead atoms. The smallest absolute Gasteiger partial charge is 0.225 e. The molecule has 0 radical (unpaired) electrons. The van der Waals surface area contributed by atoms with Crippen LogP contribution >= 0.6 is 0 Å². The van der Waals surface area contributed by atoms with E-state index in [1.165, 1.54) is 18.4 Å². The molecule has 172 valence electrons. The second-order valence-corrected chi connectivity index (χ2v) is 9.67. The minimum Gasteiger partial charge on any atom is -0.342 e. The first-order chi connectivity index (χ1) is 15.4. The normalized spacial score (nSPS) is 18.5. The maximum Gasteiger partial charge on any atom is 0.225 e. The van der Waals surface area contributed by atoms with Gasteiger partial charge >= 0.3 is 0 Å². The van der Waals surface area contributed by atoms with Crippen LogP contribution in [0.4, 0.5) is 0 Å². The Kier molecular flexibility index (Phi) is 7.14. The monoisotopic (exact) mass is 435 g/mol. The Morgan fingerprint density at radius 2 is 1.50 bits per heavy atom. The number of likely N-dealkylation sites (tertiary alicyclic amines) is 2. The predicted octanol–water partition coefficient (Wildman–Crippen LogP) is 4.70. The van der Waals surface area contributed by atoms with Crippen molar-refractivity contribution in [3.8, 4) is 5.69 Å². The number of ketones is 1. The van der Waals surface area contributed by atoms with E-state index >= 15 is 0 Å². The average Bonchev–Trinajstić information content (AvgIpc) is 2.96. The number of benzene rings is 1. The summed E-state index contributed by atoms with van der Waals surface area (Å²) >= 11 is 0. The number of rotatable bonds is 5. The fourth-order valence-electron chi connectivity index (χ4n) is 5.31. The Morgan fingerprint density at radius 1 is 0.875 bits per heavy atom. The van der Waals surface area contributed by atoms with Gasteiger partial charge in [-0.2, -0.15) is 0 Å². The predicted molar refractivity (Wildman–Crippen MR) is 129 cm³/mol. The Labute approximate surface area is 192 Å². The van der Waals surface area contributed by atoms with Crippen LogP contribution in [-0.2, 0) is 4.79 Å². The number of aryl methyl sites for hydroxylation is 2. The molecule has 1 aromatic heterocycles. The highest BCUT2D eigenvalue weighted by atomic mass is 16.2. The van der Waals surface area contributed by atoms with E-state index in [4.69, 9.17) is 0 Å². The zero-order valence-corrected chi connectivity index (χ0v) is 19.9. The summed E-state index contributed by atoms with van der Waals surface area (Å²) < 4.78 is 2.17. The molecule has 4 rings (SSSR count). The number of aromatic nitrogens is 1. The van der Waals surface area contributed by atoms with E-state index in [1.807, 2.05) is 13.0 Å². The molecule has 3 heterocycles. The summed E-state index contributed by atoms with van der Waals surface area (Å²) in [5.74, 6) is 0.652. The van der Waals surface area contributed by atoms with Crippen LogP contribution in [0.25, 0.3) is 5.69 Å². The molecule has 0 N–H and O–H groups in total. The number of carbonyl (C=O) groups excluding carboxylic acids is 2. The van der Waals surface area contributed by atoms with Crippen molar-refractivity contribution in [3.05, 3.63) is 52.8 Å². The molecule has 2 fully saturated rings. The molecule has 2 saturated heterocycles. The Hall–Kier alpha value is -2.40. The van der Waals surface area contributed by atoms with Crippen LogP contribution < -0.4 is 0 Å². The highest BCUT2D eigenvalue weighted by Crippen LogP contribution is 2.24. The van der Waals surface area contributed by atoms with Crippen LogP contribution in [0.3, 0.4) is 0 Å². The molecule has 2 aliphatic rings. The summed E-state index contributed by atoms with van der Waals surface area (Å²) in [6.45, 7) is 10.1. The lowest BCUT2D eigenvalue weighted by Crippen LogP contribution is -2.44. The van der Waals surface area contributed by atoms with Crippen LogP contribution in [0.15, 0.2) is 30.3 Å². The van der Waals surface area contributed by atoms with E-state index in [9.17, 15) is 9.59 Å². The van der Waals surface area contributed by atoms with Gasteiger partial charge in [-0.1, -0.05) is 30.5 Å². The van der Waals surface area contributed by atoms with Crippen LogP contribution in [-0.4, -0.2) is 58.8 Å². The molecule has 2 aliphatic heterocycles. The molecule has 0 spiro atoms. The van der Waals surface area contributed by atoms with Crippen molar-refractivity contribution in [3.63, 3.8) is 0 Å². The molecule has 32 heavy (non-hydrogen) atoms. The minimum atomic E-state index is 0.131. The van der Waals surface area contributed by atoms with Crippen molar-refractivity contribution in [2.45, 2.75) is 59.3 Å². The average molecular weight is 436 g/mol. The van der Waals surface area contributed by atoms with Gasteiger partial charge < -0.3 is 9.47 Å². The molecule has 0 atom stereocenters. The van der Waals surface area contributed by atoms with Gasteiger partial charge in [-0.3, -0.25) is 14.5 Å². The molecule has 2 aromatic rings. The molecular formula is C27H37N3O2. The molecule has 1 aromatic carbocycles. The summed E-state index contributed by atoms with van der Waals surface area (Å²) in [6, 6.07) is 10.4. The minimum absolute atomic E-state index is 0.131. The van der Waals surface area contributed by atoms with E-state index in [2.05, 4.69) is 52.5 Å². The van der Waals surface area contributed by atoms with E-state index in [1.54, 1.807) is 0 Å². The van der Waals surface area contributed by atoms with Gasteiger partial charge in [0.05, 0.1) is 6.54 Å². The van der Waals surface area contributed by atoms with Crippen molar-refractivity contribution in [2.24, 2.45) is 5.92 Å². The number of hydrogen-bond donors (Lipinski definition) is 0. The van der Waals surface area contributed by atoms with Crippen LogP contribution in [0.1, 0.15) is 65.8 Å². The fourth-order valence-corrected chi connectivity index (χ4v) is 5.31. The van der Waals surface area contributed by atoms with Gasteiger partial charge in [0.25, 0.3) is 0 Å². The number of piperidine rings is 1. The van der Waals surface area contributed by atoms with E-state index in [-0.39, 0.29) is 11.7 Å². The van der Waals surface area contributed by atoms with Gasteiger partial charge in [-0.05, 0) is 77.7 Å². The molecular weight excluding hydrogens is 398 g/mol. The Morgan fingerprint density at radius 3 is 2.12 bits per heavy atom. The number of hydrogen-bond acceptors (Lipinski definition) is 3. The fraction of sp³-hybridized carbons (Fsp3) is 0.556. The quantitative estimate of drug-likeness (QED) is 0.640.